The van der Waals surface area contributed by atoms with E-state index < -0.39 is 12.2 Å². The molecule has 0 aromatic heterocycles. The largest absolute Gasteiger partial charge is 0.497 e. The van der Waals surface area contributed by atoms with Gasteiger partial charge in [-0.15, -0.1) is 0 Å². The molecule has 0 amide bonds. The highest BCUT2D eigenvalue weighted by Crippen LogP contribution is 2.23. The summed E-state index contributed by atoms with van der Waals surface area (Å²) in [5.41, 5.74) is 0.890. The fourth-order valence-electron chi connectivity index (χ4n) is 1.86. The molecule has 17 heavy (non-hydrogen) atoms. The van der Waals surface area contributed by atoms with Crippen LogP contribution in [-0.4, -0.2) is 42.4 Å². The zero-order valence-electron chi connectivity index (χ0n) is 9.67. The van der Waals surface area contributed by atoms with Crippen molar-refractivity contribution in [2.45, 2.75) is 24.9 Å². The fourth-order valence-corrected chi connectivity index (χ4v) is 1.86. The molecule has 94 valence electrons. The lowest BCUT2D eigenvalue weighted by atomic mass is 10.2. The van der Waals surface area contributed by atoms with Gasteiger partial charge < -0.3 is 25.0 Å². The van der Waals surface area contributed by atoms with E-state index in [-0.39, 0.29) is 12.8 Å². The van der Waals surface area contributed by atoms with E-state index >= 15 is 0 Å². The Balaban J connectivity index is 1.93. The Labute approximate surface area is 100.0 Å². The number of rotatable bonds is 4. The average molecular weight is 239 g/mol. The molecule has 3 N–H and O–H groups in total. The second kappa shape index (κ2) is 5.35. The summed E-state index contributed by atoms with van der Waals surface area (Å²) < 4.78 is 10.5. The number of nitrogens with one attached hydrogen (secondary N) is 1. The Morgan fingerprint density at radius 1 is 1.41 bits per heavy atom. The predicted molar refractivity (Wildman–Crippen MR) is 63.0 cm³/mol. The molecular formula is C12H17NO4. The molecule has 1 aliphatic rings. The van der Waals surface area contributed by atoms with E-state index in [9.17, 15) is 5.11 Å². The molecule has 5 nitrogen and oxygen atoms in total. The summed E-state index contributed by atoms with van der Waals surface area (Å²) in [5.74, 6) is 0.788. The number of anilines is 1. The number of benzene rings is 1. The average Bonchev–Trinajstić information content (AvgIpc) is 2.70. The molecule has 1 fully saturated rings. The number of aliphatic hydroxyl groups excluding tert-OH is 2. The zero-order chi connectivity index (χ0) is 12.3. The molecule has 0 spiro atoms. The second-order valence-electron chi connectivity index (χ2n) is 4.02. The topological polar surface area (TPSA) is 71.0 Å². The minimum absolute atomic E-state index is 0.165. The first-order valence-electron chi connectivity index (χ1n) is 5.58. The molecule has 1 saturated heterocycles. The minimum Gasteiger partial charge on any atom is -0.497 e. The van der Waals surface area contributed by atoms with Crippen molar-refractivity contribution < 1.29 is 19.7 Å². The Morgan fingerprint density at radius 2 is 2.12 bits per heavy atom. The summed E-state index contributed by atoms with van der Waals surface area (Å²) in [6.45, 7) is -0.165. The minimum atomic E-state index is -0.615. The Kier molecular flexibility index (Phi) is 3.83. The molecule has 5 heteroatoms. The molecule has 1 aromatic rings. The summed E-state index contributed by atoms with van der Waals surface area (Å²) in [6.07, 6.45) is -0.908. The molecule has 1 aliphatic heterocycles. The molecule has 0 unspecified atom stereocenters. The van der Waals surface area contributed by atoms with Crippen LogP contribution in [0.1, 0.15) is 6.42 Å². The van der Waals surface area contributed by atoms with Crippen molar-refractivity contribution in [1.29, 1.82) is 0 Å². The van der Waals surface area contributed by atoms with Crippen molar-refractivity contribution in [2.24, 2.45) is 0 Å². The van der Waals surface area contributed by atoms with Crippen LogP contribution in [0.2, 0.25) is 0 Å². The third-order valence-electron chi connectivity index (χ3n) is 2.82. The maximum Gasteiger partial charge on any atom is 0.130 e. The van der Waals surface area contributed by atoms with E-state index in [0.29, 0.717) is 6.42 Å². The first-order valence-corrected chi connectivity index (χ1v) is 5.58. The molecule has 0 bridgehead atoms. The SMILES string of the molecule is COc1ccc(N[C@H]2C[C@H](O)[C@@H](CO)O2)cc1. The zero-order valence-corrected chi connectivity index (χ0v) is 9.67. The number of hydrogen-bond acceptors (Lipinski definition) is 5. The number of aliphatic hydroxyl groups is 2. The standard InChI is InChI=1S/C12H17NO4/c1-16-9-4-2-8(3-5-9)13-12-6-10(15)11(7-14)17-12/h2-5,10-15H,6-7H2,1H3/t10-,11+,12+/m0/s1. The quantitative estimate of drug-likeness (QED) is 0.716. The highest BCUT2D eigenvalue weighted by atomic mass is 16.5. The molecule has 2 rings (SSSR count). The number of hydrogen-bond donors (Lipinski definition) is 3. The van der Waals surface area contributed by atoms with Gasteiger partial charge in [0.2, 0.25) is 0 Å². The van der Waals surface area contributed by atoms with Crippen molar-refractivity contribution in [2.75, 3.05) is 19.0 Å². The van der Waals surface area contributed by atoms with Crippen LogP contribution in [0.5, 0.6) is 5.75 Å². The maximum absolute atomic E-state index is 9.57. The molecule has 0 aliphatic carbocycles. The van der Waals surface area contributed by atoms with Crippen LogP contribution < -0.4 is 10.1 Å². The highest BCUT2D eigenvalue weighted by molar-refractivity contribution is 5.46. The van der Waals surface area contributed by atoms with Crippen molar-refractivity contribution in [3.8, 4) is 5.75 Å². The van der Waals surface area contributed by atoms with E-state index in [2.05, 4.69) is 5.32 Å². The van der Waals surface area contributed by atoms with Gasteiger partial charge in [-0.3, -0.25) is 0 Å². The number of methoxy groups -OCH3 is 1. The summed E-state index contributed by atoms with van der Waals surface area (Å²) in [6, 6.07) is 7.44. The van der Waals surface area contributed by atoms with Gasteiger partial charge in [0.1, 0.15) is 18.1 Å². The Bertz CT molecular complexity index is 354. The van der Waals surface area contributed by atoms with Crippen molar-refractivity contribution >= 4 is 5.69 Å². The van der Waals surface area contributed by atoms with Crippen LogP contribution in [0.15, 0.2) is 24.3 Å². The van der Waals surface area contributed by atoms with Crippen molar-refractivity contribution in [1.82, 2.24) is 0 Å². The van der Waals surface area contributed by atoms with Gasteiger partial charge in [0.05, 0.1) is 19.8 Å². The summed E-state index contributed by atoms with van der Waals surface area (Å²) in [5, 5.41) is 21.7. The van der Waals surface area contributed by atoms with E-state index in [4.69, 9.17) is 14.6 Å². The predicted octanol–water partition coefficient (Wildman–Crippen LogP) is 0.575. The van der Waals surface area contributed by atoms with Gasteiger partial charge in [0, 0.05) is 12.1 Å². The van der Waals surface area contributed by atoms with Crippen LogP contribution in [-0.2, 0) is 4.74 Å². The van der Waals surface area contributed by atoms with E-state index in [1.807, 2.05) is 24.3 Å². The van der Waals surface area contributed by atoms with E-state index in [1.54, 1.807) is 7.11 Å². The Morgan fingerprint density at radius 3 is 2.65 bits per heavy atom. The summed E-state index contributed by atoms with van der Waals surface area (Å²) >= 11 is 0. The third-order valence-corrected chi connectivity index (χ3v) is 2.82. The maximum atomic E-state index is 9.57. The third kappa shape index (κ3) is 2.88. The molecule has 3 atom stereocenters. The van der Waals surface area contributed by atoms with Crippen molar-refractivity contribution in [3.05, 3.63) is 24.3 Å². The lowest BCUT2D eigenvalue weighted by Crippen LogP contribution is -2.25. The van der Waals surface area contributed by atoms with Gasteiger partial charge in [-0.05, 0) is 24.3 Å². The lowest BCUT2D eigenvalue weighted by molar-refractivity contribution is -0.0149. The Hall–Kier alpha value is -1.30. The highest BCUT2D eigenvalue weighted by Gasteiger charge is 2.33. The van der Waals surface area contributed by atoms with Crippen LogP contribution >= 0.6 is 0 Å². The summed E-state index contributed by atoms with van der Waals surface area (Å²) in [4.78, 5) is 0. The monoisotopic (exact) mass is 239 g/mol. The van der Waals surface area contributed by atoms with Crippen LogP contribution in [0.3, 0.4) is 0 Å². The van der Waals surface area contributed by atoms with Gasteiger partial charge in [-0.25, -0.2) is 0 Å². The molecule has 0 radical (unpaired) electrons. The smallest absolute Gasteiger partial charge is 0.130 e. The molecular weight excluding hydrogens is 222 g/mol. The fraction of sp³-hybridized carbons (Fsp3) is 0.500. The van der Waals surface area contributed by atoms with Gasteiger partial charge in [0.25, 0.3) is 0 Å². The second-order valence-corrected chi connectivity index (χ2v) is 4.02. The lowest BCUT2D eigenvalue weighted by Gasteiger charge is -2.15. The van der Waals surface area contributed by atoms with Gasteiger partial charge in [0.15, 0.2) is 0 Å². The van der Waals surface area contributed by atoms with Crippen LogP contribution in [0.25, 0.3) is 0 Å². The van der Waals surface area contributed by atoms with Crippen molar-refractivity contribution in [3.63, 3.8) is 0 Å². The van der Waals surface area contributed by atoms with Gasteiger partial charge in [-0.2, -0.15) is 0 Å². The van der Waals surface area contributed by atoms with Crippen LogP contribution in [0.4, 0.5) is 5.69 Å². The van der Waals surface area contributed by atoms with E-state index in [0.717, 1.165) is 11.4 Å². The molecule has 1 heterocycles. The first-order chi connectivity index (χ1) is 8.22. The van der Waals surface area contributed by atoms with Gasteiger partial charge in [-0.1, -0.05) is 0 Å². The van der Waals surface area contributed by atoms with E-state index in [1.165, 1.54) is 0 Å². The molecule has 0 saturated carbocycles. The van der Waals surface area contributed by atoms with Gasteiger partial charge >= 0.3 is 0 Å². The normalized spacial score (nSPS) is 28.1. The molecule has 1 aromatic carbocycles. The van der Waals surface area contributed by atoms with Crippen LogP contribution in [0, 0.1) is 0 Å². The number of ether oxygens (including phenoxy) is 2. The first kappa shape index (κ1) is 12.2. The summed E-state index contributed by atoms with van der Waals surface area (Å²) in [7, 11) is 1.62.